The number of nitrogens with one attached hydrogen (secondary N) is 1. The van der Waals surface area contributed by atoms with Crippen molar-refractivity contribution in [1.29, 1.82) is 0 Å². The highest BCUT2D eigenvalue weighted by molar-refractivity contribution is 5.88. The Balaban J connectivity index is 1.05. The van der Waals surface area contributed by atoms with Gasteiger partial charge in [0, 0.05) is 56.3 Å². The first-order chi connectivity index (χ1) is 27.2. The third-order valence-electron chi connectivity index (χ3n) is 13.0. The molecule has 1 fully saturated rings. The van der Waals surface area contributed by atoms with E-state index < -0.39 is 41.8 Å². The van der Waals surface area contributed by atoms with Crippen molar-refractivity contribution in [3.05, 3.63) is 93.3 Å². The molecular formula is C46H50N4O6. The number of carbonyl (C=O) groups excluding carboxylic acids is 1. The number of carbonyl (C=O) groups is 1. The number of ketones is 1. The van der Waals surface area contributed by atoms with Crippen molar-refractivity contribution >= 4 is 12.0 Å². The summed E-state index contributed by atoms with van der Waals surface area (Å²) in [5.41, 5.74) is 14.1. The molecule has 8 atom stereocenters. The lowest BCUT2D eigenvalue weighted by Gasteiger charge is -2.39. The van der Waals surface area contributed by atoms with E-state index in [1.54, 1.807) is 0 Å². The van der Waals surface area contributed by atoms with Gasteiger partial charge in [-0.2, -0.15) is 0 Å². The average molecular weight is 755 g/mol. The van der Waals surface area contributed by atoms with Gasteiger partial charge in [0.1, 0.15) is 18.0 Å². The van der Waals surface area contributed by atoms with Gasteiger partial charge in [-0.15, -0.1) is 0 Å². The second-order valence-electron chi connectivity index (χ2n) is 16.7. The van der Waals surface area contributed by atoms with E-state index in [-0.39, 0.29) is 30.7 Å². The summed E-state index contributed by atoms with van der Waals surface area (Å²) < 4.78 is 13.2. The number of ether oxygens (including phenoxy) is 2. The number of aryl methyl sites for hydroxylation is 1. The summed E-state index contributed by atoms with van der Waals surface area (Å²) in [5, 5.41) is 36.6. The Bertz CT molecular complexity index is 2180. The van der Waals surface area contributed by atoms with E-state index in [4.69, 9.17) is 20.2 Å². The smallest absolute Gasteiger partial charge is 0.187 e. The first-order valence-electron chi connectivity index (χ1n) is 20.3. The Hall–Kier alpha value is -4.68. The van der Waals surface area contributed by atoms with Crippen LogP contribution in [-0.4, -0.2) is 63.7 Å². The van der Waals surface area contributed by atoms with E-state index >= 15 is 0 Å². The SMILES string of the molecule is CC1C=CC(C(O)CC(=O)CCc2ccc3c(c2)OC2C(C#CC(O)c4ccc5c(c4CC4=C6CN2C=C6N=C4)CCNC5N)C2(C#CO3)CCCC2)C(O)C1. The summed E-state index contributed by atoms with van der Waals surface area (Å²) in [4.78, 5) is 20.2. The minimum Gasteiger partial charge on any atom is -0.465 e. The van der Waals surface area contributed by atoms with Gasteiger partial charge in [0.2, 0.25) is 0 Å². The molecule has 6 N–H and O–H groups in total. The fraction of sp³-hybridized carbons (Fsp3) is 0.478. The summed E-state index contributed by atoms with van der Waals surface area (Å²) >= 11 is 0. The monoisotopic (exact) mass is 754 g/mol. The second kappa shape index (κ2) is 15.0. The van der Waals surface area contributed by atoms with E-state index in [2.05, 4.69) is 40.3 Å². The largest absolute Gasteiger partial charge is 0.465 e. The van der Waals surface area contributed by atoms with Crippen LogP contribution in [0.25, 0.3) is 0 Å². The molecule has 10 heteroatoms. The lowest BCUT2D eigenvalue weighted by molar-refractivity contribution is -0.122. The molecule has 2 bridgehead atoms. The van der Waals surface area contributed by atoms with Crippen molar-refractivity contribution in [2.24, 2.45) is 33.9 Å². The molecule has 0 aromatic heterocycles. The highest BCUT2D eigenvalue weighted by Crippen LogP contribution is 2.49. The molecule has 2 aliphatic carbocycles. The van der Waals surface area contributed by atoms with Crippen LogP contribution in [0.4, 0.5) is 0 Å². The number of hydrogen-bond donors (Lipinski definition) is 5. The summed E-state index contributed by atoms with van der Waals surface area (Å²) in [6, 6.07) is 9.70. The highest BCUT2D eigenvalue weighted by Gasteiger charge is 2.48. The zero-order chi connectivity index (χ0) is 38.6. The number of aliphatic imine (C=N–C) groups is 1. The van der Waals surface area contributed by atoms with Gasteiger partial charge in [0.25, 0.3) is 0 Å². The maximum atomic E-state index is 13.1. The van der Waals surface area contributed by atoms with E-state index in [1.807, 2.05) is 55.6 Å². The van der Waals surface area contributed by atoms with Crippen LogP contribution >= 0.6 is 0 Å². The van der Waals surface area contributed by atoms with Gasteiger partial charge in [-0.25, -0.2) is 0 Å². The number of Topliss-reactive ketones (excluding diaryl/α,β-unsaturated/α-hetero) is 1. The van der Waals surface area contributed by atoms with Crippen LogP contribution in [0.15, 0.2) is 70.5 Å². The zero-order valence-electron chi connectivity index (χ0n) is 31.8. The van der Waals surface area contributed by atoms with Gasteiger partial charge in [-0.1, -0.05) is 67.9 Å². The Morgan fingerprint density at radius 3 is 2.79 bits per heavy atom. The third-order valence-corrected chi connectivity index (χ3v) is 13.0. The van der Waals surface area contributed by atoms with Gasteiger partial charge < -0.3 is 35.4 Å². The molecule has 290 valence electrons. The number of fused-ring (bicyclic) bond motifs is 8. The van der Waals surface area contributed by atoms with Gasteiger partial charge in [-0.3, -0.25) is 15.1 Å². The number of hydrogen-bond acceptors (Lipinski definition) is 10. The lowest BCUT2D eigenvalue weighted by Crippen LogP contribution is -2.47. The average Bonchev–Trinajstić information content (AvgIpc) is 3.92. The number of nitrogens with two attached hydrogens (primary N) is 1. The van der Waals surface area contributed by atoms with Crippen LogP contribution in [0.3, 0.4) is 0 Å². The number of aliphatic hydroxyl groups is 3. The normalized spacial score (nSPS) is 29.8. The Labute approximate surface area is 328 Å². The Morgan fingerprint density at radius 2 is 1.95 bits per heavy atom. The summed E-state index contributed by atoms with van der Waals surface area (Å²) in [7, 11) is 0. The quantitative estimate of drug-likeness (QED) is 0.209. The van der Waals surface area contributed by atoms with Crippen LogP contribution in [0.2, 0.25) is 0 Å². The molecule has 1 saturated carbocycles. The molecule has 2 aromatic rings. The first kappa shape index (κ1) is 36.9. The Kier molecular flexibility index (Phi) is 9.89. The minimum atomic E-state index is -1.03. The molecule has 5 heterocycles. The zero-order valence-corrected chi connectivity index (χ0v) is 31.8. The second-order valence-corrected chi connectivity index (χ2v) is 16.7. The van der Waals surface area contributed by atoms with Crippen LogP contribution in [0.1, 0.15) is 92.0 Å². The number of nitrogens with zero attached hydrogens (tertiary/aromatic N) is 2. The molecule has 2 aromatic carbocycles. The first-order valence-corrected chi connectivity index (χ1v) is 20.3. The third kappa shape index (κ3) is 6.89. The maximum absolute atomic E-state index is 13.1. The Morgan fingerprint density at radius 1 is 1.11 bits per heavy atom. The van der Waals surface area contributed by atoms with E-state index in [0.29, 0.717) is 37.3 Å². The van der Waals surface area contributed by atoms with Crippen LogP contribution in [-0.2, 0) is 24.1 Å². The van der Waals surface area contributed by atoms with Crippen LogP contribution in [0.5, 0.6) is 11.5 Å². The van der Waals surface area contributed by atoms with Gasteiger partial charge in [0.05, 0.1) is 35.4 Å². The van der Waals surface area contributed by atoms with Crippen molar-refractivity contribution in [1.82, 2.24) is 10.2 Å². The van der Waals surface area contributed by atoms with Crippen molar-refractivity contribution < 1.29 is 29.6 Å². The molecule has 0 amide bonds. The molecule has 56 heavy (non-hydrogen) atoms. The van der Waals surface area contributed by atoms with E-state index in [1.165, 1.54) is 5.56 Å². The van der Waals surface area contributed by atoms with Gasteiger partial charge >= 0.3 is 0 Å². The molecule has 9 rings (SSSR count). The van der Waals surface area contributed by atoms with Crippen molar-refractivity contribution in [3.63, 3.8) is 0 Å². The molecule has 0 radical (unpaired) electrons. The fourth-order valence-corrected chi connectivity index (χ4v) is 9.87. The number of benzene rings is 2. The highest BCUT2D eigenvalue weighted by atomic mass is 16.5. The van der Waals surface area contributed by atoms with Crippen molar-refractivity contribution in [2.75, 3.05) is 13.1 Å². The molecule has 10 nitrogen and oxygen atoms in total. The number of rotatable bonds is 6. The molecule has 0 saturated heterocycles. The lowest BCUT2D eigenvalue weighted by atomic mass is 9.73. The molecule has 1 spiro atoms. The van der Waals surface area contributed by atoms with Crippen molar-refractivity contribution in [3.8, 4) is 35.4 Å². The van der Waals surface area contributed by atoms with Crippen LogP contribution in [0, 0.1) is 47.0 Å². The summed E-state index contributed by atoms with van der Waals surface area (Å²) in [5.74, 6) is 10.7. The molecule has 5 aliphatic heterocycles. The van der Waals surface area contributed by atoms with Gasteiger partial charge in [-0.05, 0) is 83.5 Å². The maximum Gasteiger partial charge on any atom is 0.187 e. The van der Waals surface area contributed by atoms with Crippen LogP contribution < -0.4 is 20.5 Å². The van der Waals surface area contributed by atoms with Gasteiger partial charge in [0.15, 0.2) is 17.7 Å². The topological polar surface area (TPSA) is 150 Å². The number of aliphatic hydroxyl groups excluding tert-OH is 3. The van der Waals surface area contributed by atoms with E-state index in [9.17, 15) is 20.1 Å². The molecule has 7 aliphatic rings. The molecule has 8 unspecified atom stereocenters. The number of allylic oxidation sites excluding steroid dienone is 2. The fourth-order valence-electron chi connectivity index (χ4n) is 9.87. The summed E-state index contributed by atoms with van der Waals surface area (Å²) in [6.45, 7) is 3.38. The molecular weight excluding hydrogens is 705 g/mol. The van der Waals surface area contributed by atoms with Crippen molar-refractivity contribution in [2.45, 2.75) is 102 Å². The minimum absolute atomic E-state index is 0.0153. The van der Waals surface area contributed by atoms with E-state index in [0.717, 1.165) is 77.7 Å². The summed E-state index contributed by atoms with van der Waals surface area (Å²) in [6.07, 6.45) is 13.8. The predicted octanol–water partition coefficient (Wildman–Crippen LogP) is 4.68. The predicted molar refractivity (Wildman–Crippen MR) is 212 cm³/mol. The standard InChI is InChI=1S/C46H50N4O6/c1-27-4-8-34(40(53)20-27)41(54)23-30(51)7-5-28-6-13-42-43(21-28)56-45-37(46(17-19-55-42)15-2-3-16-46)11-12-39(52)32-9-10-33-31(14-18-48-44(33)47)35(32)22-29-24-49-38-26-50(45)25-36(29)38/h4,6,8-10,13,21,24,26-27,34,37,39-41,44-45,48,52-54H,2-3,5,7,14-16,18,20,22-23,25,47H2,1H3.